The normalized spacial score (nSPS) is 14.1. The molecule has 1 aromatic rings. The highest BCUT2D eigenvalue weighted by Gasteiger charge is 2.26. The summed E-state index contributed by atoms with van der Waals surface area (Å²) in [7, 11) is -3.37. The van der Waals surface area contributed by atoms with Gasteiger partial charge in [-0.05, 0) is 17.7 Å². The number of sulfone groups is 1. The van der Waals surface area contributed by atoms with E-state index >= 15 is 0 Å². The molecule has 0 spiro atoms. The first-order valence-corrected chi connectivity index (χ1v) is 6.50. The first-order chi connectivity index (χ1) is 7.58. The Hall–Kier alpha value is -1.27. The molecule has 0 radical (unpaired) electrons. The molecule has 1 heterocycles. The van der Waals surface area contributed by atoms with Crippen molar-refractivity contribution in [1.29, 1.82) is 0 Å². The third kappa shape index (κ3) is 1.74. The monoisotopic (exact) mass is 244 g/mol. The van der Waals surface area contributed by atoms with Crippen molar-refractivity contribution in [3.8, 4) is 11.5 Å². The van der Waals surface area contributed by atoms with Crippen LogP contribution in [-0.2, 0) is 16.4 Å². The van der Waals surface area contributed by atoms with Gasteiger partial charge in [0.25, 0.3) is 0 Å². The molecule has 0 saturated carbocycles. The molecular weight excluding hydrogens is 232 g/mol. The van der Waals surface area contributed by atoms with E-state index in [9.17, 15) is 8.42 Å². The zero-order valence-electron chi connectivity index (χ0n) is 8.76. The molecule has 0 bridgehead atoms. The standard InChI is InChI=1S/C10H12O5S/c1-2-16(12,13)9-4-7(5-11)3-8-10(9)15-6-14-8/h3-4,11H,2,5-6H2,1H3. The summed E-state index contributed by atoms with van der Waals surface area (Å²) in [6.45, 7) is 1.34. The molecule has 0 amide bonds. The highest BCUT2D eigenvalue weighted by atomic mass is 32.2. The molecule has 0 unspecified atom stereocenters. The van der Waals surface area contributed by atoms with Crippen molar-refractivity contribution < 1.29 is 23.0 Å². The fourth-order valence-corrected chi connectivity index (χ4v) is 2.59. The number of aliphatic hydroxyl groups excluding tert-OH is 1. The van der Waals surface area contributed by atoms with E-state index in [2.05, 4.69) is 0 Å². The molecule has 5 nitrogen and oxygen atoms in total. The van der Waals surface area contributed by atoms with Gasteiger partial charge in [-0.3, -0.25) is 0 Å². The Morgan fingerprint density at radius 1 is 1.38 bits per heavy atom. The zero-order chi connectivity index (χ0) is 11.8. The Morgan fingerprint density at radius 3 is 2.75 bits per heavy atom. The van der Waals surface area contributed by atoms with Crippen molar-refractivity contribution in [3.63, 3.8) is 0 Å². The van der Waals surface area contributed by atoms with Gasteiger partial charge in [0, 0.05) is 0 Å². The molecule has 1 N–H and O–H groups in total. The zero-order valence-corrected chi connectivity index (χ0v) is 9.58. The Kier molecular flexibility index (Phi) is 2.77. The van der Waals surface area contributed by atoms with E-state index < -0.39 is 9.84 Å². The second-order valence-electron chi connectivity index (χ2n) is 3.39. The predicted octanol–water partition coefficient (Wildman–Crippen LogP) is 0.701. The minimum absolute atomic E-state index is 0.0104. The van der Waals surface area contributed by atoms with Crippen LogP contribution in [0.25, 0.3) is 0 Å². The summed E-state index contributed by atoms with van der Waals surface area (Å²) in [6, 6.07) is 3.00. The largest absolute Gasteiger partial charge is 0.454 e. The van der Waals surface area contributed by atoms with E-state index in [4.69, 9.17) is 14.6 Å². The van der Waals surface area contributed by atoms with E-state index in [0.29, 0.717) is 11.3 Å². The lowest BCUT2D eigenvalue weighted by Gasteiger charge is -2.07. The molecule has 2 rings (SSSR count). The maximum atomic E-state index is 11.8. The van der Waals surface area contributed by atoms with E-state index in [0.717, 1.165) is 0 Å². The summed E-state index contributed by atoms with van der Waals surface area (Å²) in [5.41, 5.74) is 0.497. The summed E-state index contributed by atoms with van der Waals surface area (Å²) < 4.78 is 33.9. The number of hydrogen-bond donors (Lipinski definition) is 1. The molecule has 1 aromatic carbocycles. The van der Waals surface area contributed by atoms with Crippen molar-refractivity contribution in [2.75, 3.05) is 12.5 Å². The summed E-state index contributed by atoms with van der Waals surface area (Å²) in [6.07, 6.45) is 0. The van der Waals surface area contributed by atoms with Crippen LogP contribution < -0.4 is 9.47 Å². The molecular formula is C10H12O5S. The van der Waals surface area contributed by atoms with Gasteiger partial charge in [0.2, 0.25) is 6.79 Å². The van der Waals surface area contributed by atoms with Crippen LogP contribution in [0.2, 0.25) is 0 Å². The average Bonchev–Trinajstić information content (AvgIpc) is 2.75. The summed E-state index contributed by atoms with van der Waals surface area (Å²) in [4.78, 5) is 0.0917. The molecule has 1 aliphatic heterocycles. The summed E-state index contributed by atoms with van der Waals surface area (Å²) >= 11 is 0. The van der Waals surface area contributed by atoms with Crippen molar-refractivity contribution in [2.24, 2.45) is 0 Å². The third-order valence-corrected chi connectivity index (χ3v) is 4.13. The van der Waals surface area contributed by atoms with Crippen molar-refractivity contribution in [3.05, 3.63) is 17.7 Å². The van der Waals surface area contributed by atoms with Gasteiger partial charge < -0.3 is 14.6 Å². The number of ether oxygens (including phenoxy) is 2. The van der Waals surface area contributed by atoms with Crippen LogP contribution in [0.15, 0.2) is 17.0 Å². The molecule has 16 heavy (non-hydrogen) atoms. The Morgan fingerprint density at radius 2 is 2.12 bits per heavy atom. The topological polar surface area (TPSA) is 72.8 Å². The van der Waals surface area contributed by atoms with Gasteiger partial charge >= 0.3 is 0 Å². The number of benzene rings is 1. The number of hydrogen-bond acceptors (Lipinski definition) is 5. The molecule has 88 valence electrons. The maximum absolute atomic E-state index is 11.8. The van der Waals surface area contributed by atoms with E-state index in [1.807, 2.05) is 0 Å². The van der Waals surface area contributed by atoms with Crippen LogP contribution in [0, 0.1) is 0 Å². The fraction of sp³-hybridized carbons (Fsp3) is 0.400. The molecule has 0 saturated heterocycles. The molecule has 6 heteroatoms. The second-order valence-corrected chi connectivity index (χ2v) is 5.64. The lowest BCUT2D eigenvalue weighted by Crippen LogP contribution is -2.06. The summed E-state index contributed by atoms with van der Waals surface area (Å²) in [5, 5.41) is 9.04. The van der Waals surface area contributed by atoms with Crippen LogP contribution in [0.4, 0.5) is 0 Å². The Labute approximate surface area is 93.5 Å². The molecule has 0 aromatic heterocycles. The average molecular weight is 244 g/mol. The minimum Gasteiger partial charge on any atom is -0.454 e. The van der Waals surface area contributed by atoms with Gasteiger partial charge in [-0.25, -0.2) is 8.42 Å². The van der Waals surface area contributed by atoms with Crippen LogP contribution in [0.5, 0.6) is 11.5 Å². The van der Waals surface area contributed by atoms with Crippen LogP contribution in [0.3, 0.4) is 0 Å². The fourth-order valence-electron chi connectivity index (χ4n) is 1.51. The second kappa shape index (κ2) is 3.95. The number of rotatable bonds is 3. The van der Waals surface area contributed by atoms with E-state index in [-0.39, 0.29) is 29.8 Å². The number of fused-ring (bicyclic) bond motifs is 1. The SMILES string of the molecule is CCS(=O)(=O)c1cc(CO)cc2c1OCO2. The molecule has 0 fully saturated rings. The first kappa shape index (κ1) is 11.2. The van der Waals surface area contributed by atoms with Gasteiger partial charge in [-0.2, -0.15) is 0 Å². The predicted molar refractivity (Wildman–Crippen MR) is 56.2 cm³/mol. The van der Waals surface area contributed by atoms with Gasteiger partial charge in [0.1, 0.15) is 4.90 Å². The van der Waals surface area contributed by atoms with Crippen molar-refractivity contribution >= 4 is 9.84 Å². The lowest BCUT2D eigenvalue weighted by atomic mass is 10.2. The van der Waals surface area contributed by atoms with Gasteiger partial charge in [-0.1, -0.05) is 6.92 Å². The third-order valence-electron chi connectivity index (χ3n) is 2.40. The van der Waals surface area contributed by atoms with E-state index in [1.54, 1.807) is 13.0 Å². The molecule has 0 atom stereocenters. The van der Waals surface area contributed by atoms with Crippen LogP contribution >= 0.6 is 0 Å². The number of aliphatic hydroxyl groups is 1. The minimum atomic E-state index is -3.37. The molecule has 1 aliphatic rings. The Balaban J connectivity index is 2.65. The van der Waals surface area contributed by atoms with Gasteiger partial charge in [0.15, 0.2) is 21.3 Å². The maximum Gasteiger partial charge on any atom is 0.231 e. The highest BCUT2D eigenvalue weighted by Crippen LogP contribution is 2.39. The molecule has 0 aliphatic carbocycles. The van der Waals surface area contributed by atoms with Gasteiger partial charge in [-0.15, -0.1) is 0 Å². The van der Waals surface area contributed by atoms with Gasteiger partial charge in [0.05, 0.1) is 12.4 Å². The summed E-state index contributed by atoms with van der Waals surface area (Å²) in [5.74, 6) is 0.607. The lowest BCUT2D eigenvalue weighted by molar-refractivity contribution is 0.172. The smallest absolute Gasteiger partial charge is 0.231 e. The Bertz CT molecular complexity index is 506. The highest BCUT2D eigenvalue weighted by molar-refractivity contribution is 7.91. The first-order valence-electron chi connectivity index (χ1n) is 4.84. The van der Waals surface area contributed by atoms with Crippen molar-refractivity contribution in [2.45, 2.75) is 18.4 Å². The van der Waals surface area contributed by atoms with E-state index in [1.165, 1.54) is 6.07 Å². The van der Waals surface area contributed by atoms with Crippen LogP contribution in [-0.4, -0.2) is 26.1 Å². The van der Waals surface area contributed by atoms with Crippen LogP contribution in [0.1, 0.15) is 12.5 Å². The van der Waals surface area contributed by atoms with Crippen molar-refractivity contribution in [1.82, 2.24) is 0 Å². The quantitative estimate of drug-likeness (QED) is 0.847.